The van der Waals surface area contributed by atoms with Gasteiger partial charge < -0.3 is 4.42 Å². The minimum Gasteiger partial charge on any atom is -0.449 e. The predicted octanol–water partition coefficient (Wildman–Crippen LogP) is 4.14. The second-order valence-corrected chi connectivity index (χ2v) is 3.85. The van der Waals surface area contributed by atoms with Gasteiger partial charge in [0.05, 0.1) is 6.20 Å². The van der Waals surface area contributed by atoms with Crippen LogP contribution in [-0.4, -0.2) is 4.98 Å². The van der Waals surface area contributed by atoms with Crippen molar-refractivity contribution in [3.8, 4) is 0 Å². The quantitative estimate of drug-likeness (QED) is 0.653. The highest BCUT2D eigenvalue weighted by molar-refractivity contribution is 4.91. The summed E-state index contributed by atoms with van der Waals surface area (Å²) in [6.45, 7) is 4.46. The van der Waals surface area contributed by atoms with Gasteiger partial charge in [-0.05, 0) is 12.8 Å². The van der Waals surface area contributed by atoms with Crippen LogP contribution in [0.15, 0.2) is 16.9 Å². The summed E-state index contributed by atoms with van der Waals surface area (Å²) in [5.74, 6) is 1.48. The van der Waals surface area contributed by atoms with Crippen molar-refractivity contribution < 1.29 is 4.42 Å². The normalized spacial score (nSPS) is 11.1. The first kappa shape index (κ1) is 11.3. The van der Waals surface area contributed by atoms with Gasteiger partial charge in [0.2, 0.25) is 0 Å². The van der Waals surface area contributed by atoms with E-state index in [-0.39, 0.29) is 0 Å². The lowest BCUT2D eigenvalue weighted by Gasteiger charge is -2.11. The maximum atomic E-state index is 5.38. The fraction of sp³-hybridized carbons (Fsp3) is 0.750. The van der Waals surface area contributed by atoms with Crippen molar-refractivity contribution in [1.29, 1.82) is 0 Å². The molecular weight excluding hydrogens is 174 g/mol. The van der Waals surface area contributed by atoms with Crippen LogP contribution in [0.5, 0.6) is 0 Å². The first-order chi connectivity index (χ1) is 6.88. The number of hydrogen-bond acceptors (Lipinski definition) is 2. The largest absolute Gasteiger partial charge is 0.449 e. The predicted molar refractivity (Wildman–Crippen MR) is 58.3 cm³/mol. The van der Waals surface area contributed by atoms with Crippen LogP contribution in [-0.2, 0) is 0 Å². The third-order valence-electron chi connectivity index (χ3n) is 2.61. The molecule has 0 aliphatic carbocycles. The van der Waals surface area contributed by atoms with Crippen LogP contribution >= 0.6 is 0 Å². The maximum absolute atomic E-state index is 5.38. The molecule has 0 radical (unpaired) electrons. The molecule has 0 aliphatic rings. The van der Waals surface area contributed by atoms with Crippen LogP contribution in [0.2, 0.25) is 0 Å². The van der Waals surface area contributed by atoms with Crippen molar-refractivity contribution in [2.24, 2.45) is 0 Å². The Hall–Kier alpha value is -0.790. The zero-order valence-corrected chi connectivity index (χ0v) is 9.33. The summed E-state index contributed by atoms with van der Waals surface area (Å²) < 4.78 is 5.38. The Kier molecular flexibility index (Phi) is 5.35. The van der Waals surface area contributed by atoms with E-state index in [9.17, 15) is 0 Å². The van der Waals surface area contributed by atoms with Crippen LogP contribution in [0.1, 0.15) is 64.2 Å². The Labute approximate surface area is 86.7 Å². The minimum atomic E-state index is 0.546. The summed E-state index contributed by atoms with van der Waals surface area (Å²) in [6, 6.07) is 0. The van der Waals surface area contributed by atoms with Gasteiger partial charge in [-0.1, -0.05) is 39.5 Å². The van der Waals surface area contributed by atoms with E-state index < -0.39 is 0 Å². The molecule has 0 fully saturated rings. The fourth-order valence-corrected chi connectivity index (χ4v) is 1.73. The van der Waals surface area contributed by atoms with Gasteiger partial charge in [0, 0.05) is 5.92 Å². The summed E-state index contributed by atoms with van der Waals surface area (Å²) >= 11 is 0. The van der Waals surface area contributed by atoms with E-state index in [4.69, 9.17) is 4.42 Å². The highest BCUT2D eigenvalue weighted by Crippen LogP contribution is 2.26. The topological polar surface area (TPSA) is 26.0 Å². The number of nitrogens with zero attached hydrogens (tertiary/aromatic N) is 1. The van der Waals surface area contributed by atoms with Crippen LogP contribution in [0.3, 0.4) is 0 Å². The highest BCUT2D eigenvalue weighted by atomic mass is 16.3. The Morgan fingerprint density at radius 2 is 1.86 bits per heavy atom. The van der Waals surface area contributed by atoms with Crippen LogP contribution in [0.4, 0.5) is 0 Å². The molecule has 0 saturated carbocycles. The molecule has 1 rings (SSSR count). The van der Waals surface area contributed by atoms with Gasteiger partial charge in [-0.25, -0.2) is 4.98 Å². The summed E-state index contributed by atoms with van der Waals surface area (Å²) in [5, 5.41) is 0. The molecule has 0 atom stereocenters. The van der Waals surface area contributed by atoms with Gasteiger partial charge in [0.1, 0.15) is 6.26 Å². The molecule has 1 heterocycles. The molecule has 1 aromatic heterocycles. The second-order valence-electron chi connectivity index (χ2n) is 3.85. The fourth-order valence-electron chi connectivity index (χ4n) is 1.73. The van der Waals surface area contributed by atoms with Gasteiger partial charge in [0.25, 0.3) is 0 Å². The lowest BCUT2D eigenvalue weighted by Crippen LogP contribution is -1.99. The molecule has 14 heavy (non-hydrogen) atoms. The molecule has 0 aromatic carbocycles. The average Bonchev–Trinajstić information content (AvgIpc) is 2.71. The second kappa shape index (κ2) is 6.63. The smallest absolute Gasteiger partial charge is 0.197 e. The van der Waals surface area contributed by atoms with Crippen molar-refractivity contribution >= 4 is 0 Å². The molecule has 0 amide bonds. The highest BCUT2D eigenvalue weighted by Gasteiger charge is 2.14. The summed E-state index contributed by atoms with van der Waals surface area (Å²) in [4.78, 5) is 4.26. The van der Waals surface area contributed by atoms with E-state index in [0.29, 0.717) is 5.92 Å². The van der Waals surface area contributed by atoms with Crippen molar-refractivity contribution in [3.63, 3.8) is 0 Å². The number of hydrogen-bond donors (Lipinski definition) is 0. The van der Waals surface area contributed by atoms with Gasteiger partial charge in [-0.3, -0.25) is 0 Å². The molecule has 0 bridgehead atoms. The Balaban J connectivity index is 2.44. The summed E-state index contributed by atoms with van der Waals surface area (Å²) in [5.41, 5.74) is 0. The van der Waals surface area contributed by atoms with Crippen LogP contribution in [0.25, 0.3) is 0 Å². The van der Waals surface area contributed by atoms with Gasteiger partial charge in [-0.2, -0.15) is 0 Å². The lowest BCUT2D eigenvalue weighted by molar-refractivity contribution is 0.400. The maximum Gasteiger partial charge on any atom is 0.197 e. The van der Waals surface area contributed by atoms with E-state index in [0.717, 1.165) is 5.89 Å². The van der Waals surface area contributed by atoms with Crippen molar-refractivity contribution in [1.82, 2.24) is 4.98 Å². The molecule has 2 nitrogen and oxygen atoms in total. The minimum absolute atomic E-state index is 0.546. The van der Waals surface area contributed by atoms with E-state index in [1.165, 1.54) is 38.5 Å². The Bertz CT molecular complexity index is 210. The van der Waals surface area contributed by atoms with Gasteiger partial charge >= 0.3 is 0 Å². The number of rotatable bonds is 7. The first-order valence-electron chi connectivity index (χ1n) is 5.77. The molecule has 0 saturated heterocycles. The van der Waals surface area contributed by atoms with Crippen molar-refractivity contribution in [3.05, 3.63) is 18.4 Å². The average molecular weight is 195 g/mol. The third-order valence-corrected chi connectivity index (χ3v) is 2.61. The van der Waals surface area contributed by atoms with Crippen LogP contribution in [0, 0.1) is 0 Å². The Morgan fingerprint density at radius 1 is 1.21 bits per heavy atom. The molecule has 0 N–H and O–H groups in total. The molecule has 80 valence electrons. The third kappa shape index (κ3) is 3.52. The van der Waals surface area contributed by atoms with E-state index in [1.807, 2.05) is 0 Å². The molecular formula is C12H21NO. The molecule has 2 heteroatoms. The van der Waals surface area contributed by atoms with Crippen molar-refractivity contribution in [2.45, 2.75) is 58.3 Å². The summed E-state index contributed by atoms with van der Waals surface area (Å²) in [7, 11) is 0. The van der Waals surface area contributed by atoms with E-state index >= 15 is 0 Å². The SMILES string of the molecule is CCCCC(CCCC)c1ncco1. The molecule has 0 unspecified atom stereocenters. The zero-order chi connectivity index (χ0) is 10.2. The molecule has 1 aromatic rings. The standard InChI is InChI=1S/C12H21NO/c1-3-5-7-11(8-6-4-2)12-13-9-10-14-12/h9-11H,3-8H2,1-2H3. The van der Waals surface area contributed by atoms with Gasteiger partial charge in [0.15, 0.2) is 5.89 Å². The molecule has 0 spiro atoms. The molecule has 0 aliphatic heterocycles. The number of oxazole rings is 1. The zero-order valence-electron chi connectivity index (χ0n) is 9.33. The van der Waals surface area contributed by atoms with E-state index in [2.05, 4.69) is 18.8 Å². The van der Waals surface area contributed by atoms with Crippen molar-refractivity contribution in [2.75, 3.05) is 0 Å². The number of unbranched alkanes of at least 4 members (excludes halogenated alkanes) is 2. The van der Waals surface area contributed by atoms with Crippen LogP contribution < -0.4 is 0 Å². The lowest BCUT2D eigenvalue weighted by atomic mass is 9.96. The van der Waals surface area contributed by atoms with Gasteiger partial charge in [-0.15, -0.1) is 0 Å². The summed E-state index contributed by atoms with van der Waals surface area (Å²) in [6.07, 6.45) is 10.9. The monoisotopic (exact) mass is 195 g/mol. The Morgan fingerprint density at radius 3 is 2.29 bits per heavy atom. The number of aromatic nitrogens is 1. The van der Waals surface area contributed by atoms with E-state index in [1.54, 1.807) is 12.5 Å². The first-order valence-corrected chi connectivity index (χ1v) is 5.77.